The number of hydrogen-bond acceptors (Lipinski definition) is 3. The maximum atomic E-state index is 11.6. The molecule has 0 saturated heterocycles. The van der Waals surface area contributed by atoms with Crippen LogP contribution in [-0.4, -0.2) is 26.4 Å². The van der Waals surface area contributed by atoms with E-state index in [1.54, 1.807) is 0 Å². The fourth-order valence-corrected chi connectivity index (χ4v) is 1.81. The van der Waals surface area contributed by atoms with Crippen molar-refractivity contribution in [2.45, 2.75) is 24.8 Å². The lowest BCUT2D eigenvalue weighted by Crippen LogP contribution is -2.39. The molecule has 0 aromatic carbocycles. The molecule has 82 valence electrons. The van der Waals surface area contributed by atoms with Gasteiger partial charge in [-0.15, -0.1) is 0 Å². The number of nitriles is 1. The second kappa shape index (κ2) is 4.61. The minimum atomic E-state index is -4.61. The van der Waals surface area contributed by atoms with Crippen molar-refractivity contribution in [3.8, 4) is 6.07 Å². The average molecular weight is 230 g/mol. The Balaban J connectivity index is 4.45. The minimum Gasteiger partial charge on any atom is -0.211 e. The first kappa shape index (κ1) is 13.2. The number of alkyl halides is 3. The van der Waals surface area contributed by atoms with Gasteiger partial charge in [0.05, 0.1) is 6.07 Å². The lowest BCUT2D eigenvalue weighted by atomic mass is 10.4. The van der Waals surface area contributed by atoms with Gasteiger partial charge in [-0.25, -0.2) is 13.1 Å². The van der Waals surface area contributed by atoms with Crippen LogP contribution < -0.4 is 4.72 Å². The van der Waals surface area contributed by atoms with Crippen molar-refractivity contribution in [2.24, 2.45) is 0 Å². The van der Waals surface area contributed by atoms with Crippen LogP contribution in [0.5, 0.6) is 0 Å². The molecule has 1 N–H and O–H groups in total. The fraction of sp³-hybridized carbons (Fsp3) is 0.833. The monoisotopic (exact) mass is 230 g/mol. The van der Waals surface area contributed by atoms with Crippen LogP contribution in [0.3, 0.4) is 0 Å². The van der Waals surface area contributed by atoms with Crippen LogP contribution in [0, 0.1) is 11.3 Å². The van der Waals surface area contributed by atoms with E-state index in [1.807, 2.05) is 0 Å². The number of sulfonamides is 1. The van der Waals surface area contributed by atoms with Crippen LogP contribution in [0.25, 0.3) is 0 Å². The van der Waals surface area contributed by atoms with Crippen LogP contribution in [0.1, 0.15) is 13.3 Å². The minimum absolute atomic E-state index is 0.0519. The molecular weight excluding hydrogens is 221 g/mol. The van der Waals surface area contributed by atoms with Crippen molar-refractivity contribution in [1.29, 1.82) is 5.26 Å². The summed E-state index contributed by atoms with van der Waals surface area (Å²) >= 11 is 0. The largest absolute Gasteiger partial charge is 0.402 e. The van der Waals surface area contributed by atoms with Gasteiger partial charge in [0.15, 0.2) is 5.25 Å². The third-order valence-electron chi connectivity index (χ3n) is 1.36. The molecule has 0 aliphatic heterocycles. The number of nitrogens with one attached hydrogen (secondary N) is 1. The zero-order valence-corrected chi connectivity index (χ0v) is 8.11. The summed E-state index contributed by atoms with van der Waals surface area (Å²) in [6.45, 7) is -0.242. The van der Waals surface area contributed by atoms with Gasteiger partial charge in [0.2, 0.25) is 10.0 Å². The molecule has 0 rings (SSSR count). The maximum absolute atomic E-state index is 11.6. The van der Waals surface area contributed by atoms with Gasteiger partial charge in [-0.1, -0.05) is 6.92 Å². The summed E-state index contributed by atoms with van der Waals surface area (Å²) in [5, 5.41) is 6.90. The molecule has 0 heterocycles. The number of rotatable bonds is 4. The smallest absolute Gasteiger partial charge is 0.211 e. The van der Waals surface area contributed by atoms with Gasteiger partial charge in [0.25, 0.3) is 0 Å². The van der Waals surface area contributed by atoms with Crippen LogP contribution in [-0.2, 0) is 10.0 Å². The van der Waals surface area contributed by atoms with Gasteiger partial charge in [-0.05, 0) is 6.42 Å². The Morgan fingerprint density at radius 1 is 1.50 bits per heavy atom. The second-order valence-corrected chi connectivity index (χ2v) is 4.46. The van der Waals surface area contributed by atoms with Gasteiger partial charge in [-0.2, -0.15) is 18.4 Å². The molecule has 0 amide bonds. The summed E-state index contributed by atoms with van der Waals surface area (Å²) in [4.78, 5) is 0. The Hall–Kier alpha value is -0.810. The van der Waals surface area contributed by atoms with Crippen LogP contribution in [0.15, 0.2) is 0 Å². The van der Waals surface area contributed by atoms with Crippen LogP contribution in [0.2, 0.25) is 0 Å². The molecule has 8 heteroatoms. The second-order valence-electron chi connectivity index (χ2n) is 2.51. The molecule has 0 aliphatic carbocycles. The van der Waals surface area contributed by atoms with Crippen molar-refractivity contribution in [1.82, 2.24) is 4.72 Å². The van der Waals surface area contributed by atoms with E-state index in [4.69, 9.17) is 5.26 Å². The highest BCUT2D eigenvalue weighted by Gasteiger charge is 2.32. The van der Waals surface area contributed by atoms with Crippen molar-refractivity contribution in [2.75, 3.05) is 6.54 Å². The number of hydrogen-bond donors (Lipinski definition) is 1. The predicted molar refractivity (Wildman–Crippen MR) is 42.7 cm³/mol. The molecule has 0 spiro atoms. The molecule has 0 saturated carbocycles. The Labute approximate surface area is 79.8 Å². The lowest BCUT2D eigenvalue weighted by molar-refractivity contribution is -0.121. The molecule has 0 fully saturated rings. The van der Waals surface area contributed by atoms with Gasteiger partial charge >= 0.3 is 6.18 Å². The summed E-state index contributed by atoms with van der Waals surface area (Å²) in [6.07, 6.45) is -4.66. The van der Waals surface area contributed by atoms with Crippen LogP contribution in [0.4, 0.5) is 13.2 Å². The summed E-state index contributed by atoms with van der Waals surface area (Å²) in [5.41, 5.74) is 0. The Kier molecular flexibility index (Phi) is 4.35. The van der Waals surface area contributed by atoms with Gasteiger partial charge in [0.1, 0.15) is 6.54 Å². The SMILES string of the molecule is CCC(C#N)S(=O)(=O)NCC(F)(F)F. The lowest BCUT2D eigenvalue weighted by Gasteiger charge is -2.11. The van der Waals surface area contributed by atoms with Crippen molar-refractivity contribution < 1.29 is 21.6 Å². The highest BCUT2D eigenvalue weighted by atomic mass is 32.2. The van der Waals surface area contributed by atoms with Gasteiger partial charge in [0, 0.05) is 0 Å². The molecule has 4 nitrogen and oxygen atoms in total. The molecule has 1 unspecified atom stereocenters. The van der Waals surface area contributed by atoms with Gasteiger partial charge < -0.3 is 0 Å². The van der Waals surface area contributed by atoms with Crippen molar-refractivity contribution in [3.05, 3.63) is 0 Å². The number of nitrogens with zero attached hydrogens (tertiary/aromatic N) is 1. The van der Waals surface area contributed by atoms with Gasteiger partial charge in [-0.3, -0.25) is 0 Å². The molecule has 0 radical (unpaired) electrons. The molecule has 0 aromatic rings. The maximum Gasteiger partial charge on any atom is 0.402 e. The first-order valence-electron chi connectivity index (χ1n) is 3.67. The molecular formula is C6H9F3N2O2S. The van der Waals surface area contributed by atoms with E-state index in [-0.39, 0.29) is 6.42 Å². The first-order chi connectivity index (χ1) is 6.23. The van der Waals surface area contributed by atoms with E-state index >= 15 is 0 Å². The summed E-state index contributed by atoms with van der Waals surface area (Å²) in [7, 11) is -4.19. The summed E-state index contributed by atoms with van der Waals surface area (Å²) in [6, 6.07) is 1.41. The zero-order chi connectivity index (χ0) is 11.4. The molecule has 0 aromatic heterocycles. The molecule has 0 aliphatic rings. The average Bonchev–Trinajstić information content (AvgIpc) is 2.02. The highest BCUT2D eigenvalue weighted by molar-refractivity contribution is 7.90. The van der Waals surface area contributed by atoms with E-state index in [0.29, 0.717) is 0 Å². The van der Waals surface area contributed by atoms with Crippen LogP contribution >= 0.6 is 0 Å². The Bertz CT molecular complexity index is 317. The van der Waals surface area contributed by atoms with E-state index in [9.17, 15) is 21.6 Å². The molecule has 0 bridgehead atoms. The summed E-state index contributed by atoms with van der Waals surface area (Å²) in [5.74, 6) is 0. The van der Waals surface area contributed by atoms with E-state index in [2.05, 4.69) is 0 Å². The van der Waals surface area contributed by atoms with E-state index in [1.165, 1.54) is 17.7 Å². The number of halogens is 3. The molecule has 14 heavy (non-hydrogen) atoms. The highest BCUT2D eigenvalue weighted by Crippen LogP contribution is 2.13. The molecule has 1 atom stereocenters. The normalized spacial score (nSPS) is 14.8. The summed E-state index contributed by atoms with van der Waals surface area (Å²) < 4.78 is 58.3. The Morgan fingerprint density at radius 3 is 2.29 bits per heavy atom. The zero-order valence-electron chi connectivity index (χ0n) is 7.30. The van der Waals surface area contributed by atoms with Crippen molar-refractivity contribution in [3.63, 3.8) is 0 Å². The van der Waals surface area contributed by atoms with E-state index < -0.39 is 28.0 Å². The van der Waals surface area contributed by atoms with E-state index in [0.717, 1.165) is 0 Å². The fourth-order valence-electron chi connectivity index (χ4n) is 0.663. The third kappa shape index (κ3) is 4.43. The quantitative estimate of drug-likeness (QED) is 0.775. The first-order valence-corrected chi connectivity index (χ1v) is 5.22. The third-order valence-corrected chi connectivity index (χ3v) is 3.10. The standard InChI is InChI=1S/C6H9F3N2O2S/c1-2-5(3-10)14(12,13)11-4-6(7,8)9/h5,11H,2,4H2,1H3. The Morgan fingerprint density at radius 2 is 2.00 bits per heavy atom. The van der Waals surface area contributed by atoms with Crippen molar-refractivity contribution >= 4 is 10.0 Å². The topological polar surface area (TPSA) is 70.0 Å². The predicted octanol–water partition coefficient (Wildman–Crippen LogP) is 0.770.